The number of nitrogens with one attached hydrogen (secondary N) is 1. The van der Waals surface area contributed by atoms with Crippen LogP contribution in [0, 0.1) is 0 Å². The predicted octanol–water partition coefficient (Wildman–Crippen LogP) is 3.96. The van der Waals surface area contributed by atoms with Gasteiger partial charge in [0.1, 0.15) is 18.4 Å². The van der Waals surface area contributed by atoms with E-state index < -0.39 is 22.7 Å². The smallest absolute Gasteiger partial charge is 0.417 e. The number of hydrogen-bond acceptors (Lipinski definition) is 4. The number of halogens is 4. The van der Waals surface area contributed by atoms with Gasteiger partial charge in [0.2, 0.25) is 0 Å². The number of carbonyl (C=O) groups excluding carboxylic acids is 1. The van der Waals surface area contributed by atoms with Gasteiger partial charge in [0.25, 0.3) is 5.91 Å². The molecule has 0 fully saturated rings. The lowest BCUT2D eigenvalue weighted by Crippen LogP contribution is -2.20. The third-order valence-electron chi connectivity index (χ3n) is 3.46. The first-order chi connectivity index (χ1) is 12.8. The van der Waals surface area contributed by atoms with Crippen molar-refractivity contribution >= 4 is 23.2 Å². The summed E-state index contributed by atoms with van der Waals surface area (Å²) in [5, 5.41) is 9.30. The second-order valence-electron chi connectivity index (χ2n) is 5.40. The maximum absolute atomic E-state index is 12.9. The Morgan fingerprint density at radius 1 is 1.15 bits per heavy atom. The number of benzene rings is 2. The number of amides is 1. The highest BCUT2D eigenvalue weighted by Crippen LogP contribution is 2.36. The van der Waals surface area contributed by atoms with Crippen molar-refractivity contribution < 1.29 is 22.7 Å². The second kappa shape index (κ2) is 7.67. The number of ether oxygens (including phenoxy) is 1. The molecule has 0 unspecified atom stereocenters. The van der Waals surface area contributed by atoms with Gasteiger partial charge in [0.05, 0.1) is 16.3 Å². The first-order valence-electron chi connectivity index (χ1n) is 7.57. The van der Waals surface area contributed by atoms with Crippen molar-refractivity contribution in [3.05, 3.63) is 65.7 Å². The molecule has 0 saturated carbocycles. The van der Waals surface area contributed by atoms with E-state index in [0.717, 1.165) is 17.8 Å². The molecule has 27 heavy (non-hydrogen) atoms. The molecule has 0 saturated heterocycles. The third kappa shape index (κ3) is 4.76. The lowest BCUT2D eigenvalue weighted by Gasteiger charge is -2.12. The van der Waals surface area contributed by atoms with Gasteiger partial charge >= 0.3 is 6.18 Å². The minimum Gasteiger partial charge on any atom is -0.484 e. The van der Waals surface area contributed by atoms with Crippen LogP contribution in [0.3, 0.4) is 0 Å². The topological polar surface area (TPSA) is 69.0 Å². The number of aromatic nitrogens is 3. The molecule has 2 aromatic carbocycles. The van der Waals surface area contributed by atoms with Crippen LogP contribution in [0.15, 0.2) is 55.1 Å². The molecule has 0 bridgehead atoms. The van der Waals surface area contributed by atoms with Crippen LogP contribution < -0.4 is 10.1 Å². The summed E-state index contributed by atoms with van der Waals surface area (Å²) in [7, 11) is 0. The number of nitrogens with zero attached hydrogens (tertiary/aromatic N) is 3. The summed E-state index contributed by atoms with van der Waals surface area (Å²) in [6, 6.07) is 9.95. The Morgan fingerprint density at radius 2 is 1.89 bits per heavy atom. The summed E-state index contributed by atoms with van der Waals surface area (Å²) in [6.45, 7) is -0.379. The van der Waals surface area contributed by atoms with Crippen LogP contribution in [-0.2, 0) is 11.0 Å². The van der Waals surface area contributed by atoms with Gasteiger partial charge in [0.15, 0.2) is 6.61 Å². The van der Waals surface area contributed by atoms with Crippen molar-refractivity contribution in [1.82, 2.24) is 14.8 Å². The van der Waals surface area contributed by atoms with E-state index in [9.17, 15) is 18.0 Å². The summed E-state index contributed by atoms with van der Waals surface area (Å²) < 4.78 is 45.6. The third-order valence-corrected chi connectivity index (χ3v) is 3.79. The standard InChI is InChI=1S/C17H12ClF3N4O2/c18-15-5-4-11(6-14(15)17(19,20)21)24-16(26)8-27-13-3-1-2-12(7-13)25-9-22-23-10-25/h1-7,9-10H,8H2,(H,24,26). The Kier molecular flexibility index (Phi) is 5.31. The normalized spacial score (nSPS) is 11.3. The van der Waals surface area contributed by atoms with Crippen LogP contribution in [0.5, 0.6) is 5.75 Å². The number of carbonyl (C=O) groups is 1. The summed E-state index contributed by atoms with van der Waals surface area (Å²) in [4.78, 5) is 12.0. The highest BCUT2D eigenvalue weighted by Gasteiger charge is 2.33. The van der Waals surface area contributed by atoms with Gasteiger partial charge in [-0.15, -0.1) is 10.2 Å². The molecule has 3 aromatic rings. The average Bonchev–Trinajstić information content (AvgIpc) is 3.16. The maximum atomic E-state index is 12.9. The minimum atomic E-state index is -4.61. The van der Waals surface area contributed by atoms with E-state index in [1.165, 1.54) is 18.7 Å². The highest BCUT2D eigenvalue weighted by atomic mass is 35.5. The summed E-state index contributed by atoms with van der Waals surface area (Å²) in [5.41, 5.74) is -0.325. The van der Waals surface area contributed by atoms with Gasteiger partial charge in [-0.05, 0) is 30.3 Å². The van der Waals surface area contributed by atoms with Crippen molar-refractivity contribution in [2.45, 2.75) is 6.18 Å². The average molecular weight is 397 g/mol. The van der Waals surface area contributed by atoms with E-state index in [1.54, 1.807) is 28.8 Å². The van der Waals surface area contributed by atoms with Gasteiger partial charge in [-0.3, -0.25) is 9.36 Å². The monoisotopic (exact) mass is 396 g/mol. The van der Waals surface area contributed by atoms with Gasteiger partial charge in [0, 0.05) is 11.8 Å². The number of alkyl halides is 3. The second-order valence-corrected chi connectivity index (χ2v) is 5.80. The number of rotatable bonds is 5. The van der Waals surface area contributed by atoms with Crippen LogP contribution in [0.1, 0.15) is 5.56 Å². The quantitative estimate of drug-likeness (QED) is 0.709. The Morgan fingerprint density at radius 3 is 2.59 bits per heavy atom. The van der Waals surface area contributed by atoms with E-state index in [4.69, 9.17) is 16.3 Å². The van der Waals surface area contributed by atoms with Gasteiger partial charge in [-0.1, -0.05) is 17.7 Å². The molecule has 0 spiro atoms. The molecule has 0 aliphatic rings. The van der Waals surface area contributed by atoms with E-state index in [0.29, 0.717) is 5.75 Å². The molecular weight excluding hydrogens is 385 g/mol. The molecule has 1 aromatic heterocycles. The molecule has 1 N–H and O–H groups in total. The Hall–Kier alpha value is -3.07. The van der Waals surface area contributed by atoms with E-state index >= 15 is 0 Å². The van der Waals surface area contributed by atoms with Crippen molar-refractivity contribution in [3.63, 3.8) is 0 Å². The minimum absolute atomic E-state index is 0.0291. The molecule has 1 heterocycles. The highest BCUT2D eigenvalue weighted by molar-refractivity contribution is 6.31. The summed E-state index contributed by atoms with van der Waals surface area (Å²) >= 11 is 5.55. The van der Waals surface area contributed by atoms with Gasteiger partial charge < -0.3 is 10.1 Å². The molecule has 1 amide bonds. The predicted molar refractivity (Wildman–Crippen MR) is 91.9 cm³/mol. The van der Waals surface area contributed by atoms with Crippen molar-refractivity contribution in [2.24, 2.45) is 0 Å². The lowest BCUT2D eigenvalue weighted by molar-refractivity contribution is -0.137. The largest absolute Gasteiger partial charge is 0.484 e. The number of hydrogen-bond donors (Lipinski definition) is 1. The zero-order valence-electron chi connectivity index (χ0n) is 13.6. The molecule has 0 aliphatic heterocycles. The molecule has 0 radical (unpaired) electrons. The Labute approximate surface area is 156 Å². The molecule has 0 aliphatic carbocycles. The molecule has 6 nitrogen and oxygen atoms in total. The molecule has 140 valence electrons. The SMILES string of the molecule is O=C(COc1cccc(-n2cnnc2)c1)Nc1ccc(Cl)c(C(F)(F)F)c1. The van der Waals surface area contributed by atoms with Crippen molar-refractivity contribution in [3.8, 4) is 11.4 Å². The first kappa shape index (κ1) is 18.7. The van der Waals surface area contributed by atoms with E-state index in [2.05, 4.69) is 15.5 Å². The van der Waals surface area contributed by atoms with Crippen molar-refractivity contribution in [2.75, 3.05) is 11.9 Å². The van der Waals surface area contributed by atoms with E-state index in [-0.39, 0.29) is 12.3 Å². The fourth-order valence-electron chi connectivity index (χ4n) is 2.23. The molecule has 0 atom stereocenters. The van der Waals surface area contributed by atoms with Crippen LogP contribution in [0.25, 0.3) is 5.69 Å². The van der Waals surface area contributed by atoms with Crippen LogP contribution in [0.4, 0.5) is 18.9 Å². The van der Waals surface area contributed by atoms with Crippen LogP contribution in [-0.4, -0.2) is 27.3 Å². The fraction of sp³-hybridized carbons (Fsp3) is 0.118. The molecule has 10 heteroatoms. The van der Waals surface area contributed by atoms with E-state index in [1.807, 2.05) is 0 Å². The number of anilines is 1. The molecule has 3 rings (SSSR count). The summed E-state index contributed by atoms with van der Waals surface area (Å²) in [5.74, 6) is -0.205. The van der Waals surface area contributed by atoms with Crippen molar-refractivity contribution in [1.29, 1.82) is 0 Å². The summed E-state index contributed by atoms with van der Waals surface area (Å²) in [6.07, 6.45) is -1.61. The van der Waals surface area contributed by atoms with Crippen LogP contribution >= 0.6 is 11.6 Å². The zero-order chi connectivity index (χ0) is 19.4. The first-order valence-corrected chi connectivity index (χ1v) is 7.95. The maximum Gasteiger partial charge on any atom is 0.417 e. The van der Waals surface area contributed by atoms with Gasteiger partial charge in [-0.25, -0.2) is 0 Å². The Balaban J connectivity index is 1.63. The zero-order valence-corrected chi connectivity index (χ0v) is 14.3. The Bertz CT molecular complexity index is 946. The lowest BCUT2D eigenvalue weighted by atomic mass is 10.2. The van der Waals surface area contributed by atoms with Crippen LogP contribution in [0.2, 0.25) is 5.02 Å². The fourth-order valence-corrected chi connectivity index (χ4v) is 2.46. The van der Waals surface area contributed by atoms with Gasteiger partial charge in [-0.2, -0.15) is 13.2 Å². The molecular formula is C17H12ClF3N4O2.